The van der Waals surface area contributed by atoms with E-state index in [1.807, 2.05) is 7.11 Å². The van der Waals surface area contributed by atoms with Gasteiger partial charge in [0.1, 0.15) is 0 Å². The molecule has 3 nitrogen and oxygen atoms in total. The molecule has 18 heavy (non-hydrogen) atoms. The highest BCUT2D eigenvalue weighted by Crippen LogP contribution is 2.34. The summed E-state index contributed by atoms with van der Waals surface area (Å²) in [6, 6.07) is 0.708. The second kappa shape index (κ2) is 5.85. The molecule has 0 amide bonds. The molecule has 0 aromatic rings. The number of thiocarbonyl (C=S) groups is 1. The van der Waals surface area contributed by atoms with E-state index in [4.69, 9.17) is 22.7 Å². The molecular weight excluding hydrogens is 244 g/mol. The van der Waals surface area contributed by atoms with Gasteiger partial charge in [-0.3, -0.25) is 0 Å². The first-order valence-electron chi connectivity index (χ1n) is 7.12. The average Bonchev–Trinajstić information content (AvgIpc) is 2.39. The van der Waals surface area contributed by atoms with Gasteiger partial charge in [-0.1, -0.05) is 19.1 Å². The van der Waals surface area contributed by atoms with Crippen LogP contribution in [-0.4, -0.2) is 42.2 Å². The largest absolute Gasteiger partial charge is 0.393 e. The van der Waals surface area contributed by atoms with E-state index in [0.29, 0.717) is 17.1 Å². The minimum absolute atomic E-state index is 0.0845. The zero-order valence-corrected chi connectivity index (χ0v) is 12.5. The summed E-state index contributed by atoms with van der Waals surface area (Å²) in [6.45, 7) is 4.48. The zero-order valence-electron chi connectivity index (χ0n) is 11.7. The van der Waals surface area contributed by atoms with Crippen molar-refractivity contribution in [2.75, 3.05) is 20.2 Å². The van der Waals surface area contributed by atoms with E-state index in [2.05, 4.69) is 11.8 Å². The Kier molecular flexibility index (Phi) is 4.62. The Labute approximate surface area is 116 Å². The van der Waals surface area contributed by atoms with Crippen LogP contribution in [-0.2, 0) is 4.74 Å². The Bertz CT molecular complexity index is 300. The normalized spacial score (nSPS) is 33.2. The summed E-state index contributed by atoms with van der Waals surface area (Å²) in [4.78, 5) is 3.33. The molecule has 0 spiro atoms. The van der Waals surface area contributed by atoms with Crippen LogP contribution in [0.4, 0.5) is 0 Å². The van der Waals surface area contributed by atoms with E-state index in [0.717, 1.165) is 25.9 Å². The van der Waals surface area contributed by atoms with Gasteiger partial charge in [0.15, 0.2) is 0 Å². The van der Waals surface area contributed by atoms with Crippen LogP contribution < -0.4 is 5.73 Å². The van der Waals surface area contributed by atoms with Gasteiger partial charge < -0.3 is 15.4 Å². The highest BCUT2D eigenvalue weighted by molar-refractivity contribution is 7.80. The zero-order chi connectivity index (χ0) is 13.2. The van der Waals surface area contributed by atoms with Gasteiger partial charge >= 0.3 is 0 Å². The summed E-state index contributed by atoms with van der Waals surface area (Å²) in [6.07, 6.45) is 7.72. The van der Waals surface area contributed by atoms with Crippen molar-refractivity contribution in [1.29, 1.82) is 0 Å². The maximum Gasteiger partial charge on any atom is 0.0788 e. The number of methoxy groups -OCH3 is 1. The molecule has 2 aliphatic rings. The lowest BCUT2D eigenvalue weighted by molar-refractivity contribution is 0.0149. The SMILES string of the molecule is COC1CCCC(N2CCC(C)(C(N)=S)CC2)C1. The number of rotatable bonds is 3. The molecule has 104 valence electrons. The van der Waals surface area contributed by atoms with Crippen LogP contribution in [0.5, 0.6) is 0 Å². The first-order chi connectivity index (χ1) is 8.55. The van der Waals surface area contributed by atoms with Crippen molar-refractivity contribution in [2.24, 2.45) is 11.1 Å². The van der Waals surface area contributed by atoms with Crippen LogP contribution in [0, 0.1) is 5.41 Å². The van der Waals surface area contributed by atoms with Gasteiger partial charge in [-0.25, -0.2) is 0 Å². The molecule has 2 N–H and O–H groups in total. The summed E-state index contributed by atoms with van der Waals surface area (Å²) in [5.41, 5.74) is 5.95. The molecular formula is C14H26N2OS. The van der Waals surface area contributed by atoms with Crippen LogP contribution in [0.15, 0.2) is 0 Å². The Morgan fingerprint density at radius 2 is 2.00 bits per heavy atom. The molecule has 4 heteroatoms. The molecule has 1 aliphatic carbocycles. The first-order valence-corrected chi connectivity index (χ1v) is 7.53. The Hall–Kier alpha value is -0.190. The highest BCUT2D eigenvalue weighted by Gasteiger charge is 2.36. The monoisotopic (exact) mass is 270 g/mol. The molecule has 0 aromatic heterocycles. The molecule has 2 unspecified atom stereocenters. The lowest BCUT2D eigenvalue weighted by Crippen LogP contribution is -2.49. The van der Waals surface area contributed by atoms with E-state index in [9.17, 15) is 0 Å². The van der Waals surface area contributed by atoms with Crippen LogP contribution in [0.25, 0.3) is 0 Å². The number of hydrogen-bond donors (Lipinski definition) is 1. The van der Waals surface area contributed by atoms with Crippen molar-refractivity contribution in [1.82, 2.24) is 4.90 Å². The molecule has 1 aliphatic heterocycles. The van der Waals surface area contributed by atoms with Gasteiger partial charge in [0.05, 0.1) is 11.1 Å². The fourth-order valence-corrected chi connectivity index (χ4v) is 3.50. The van der Waals surface area contributed by atoms with Gasteiger partial charge in [0.2, 0.25) is 0 Å². The van der Waals surface area contributed by atoms with Crippen LogP contribution >= 0.6 is 12.2 Å². The number of likely N-dealkylation sites (tertiary alicyclic amines) is 1. The lowest BCUT2D eigenvalue weighted by Gasteiger charge is -2.44. The Morgan fingerprint density at radius 3 is 2.56 bits per heavy atom. The van der Waals surface area contributed by atoms with Crippen molar-refractivity contribution >= 4 is 17.2 Å². The lowest BCUT2D eigenvalue weighted by atomic mass is 9.79. The summed E-state index contributed by atoms with van der Waals surface area (Å²) >= 11 is 5.20. The van der Waals surface area contributed by atoms with Gasteiger partial charge in [0, 0.05) is 18.6 Å². The third-order valence-corrected chi connectivity index (χ3v) is 5.44. The maximum atomic E-state index is 5.86. The minimum Gasteiger partial charge on any atom is -0.393 e. The van der Waals surface area contributed by atoms with Gasteiger partial charge in [-0.15, -0.1) is 0 Å². The second-order valence-corrected chi connectivity index (χ2v) is 6.58. The standard InChI is InChI=1S/C14H26N2OS/c1-14(13(15)18)6-8-16(9-7-14)11-4-3-5-12(10-11)17-2/h11-12H,3-10H2,1-2H3,(H2,15,18). The van der Waals surface area contributed by atoms with E-state index in [1.54, 1.807) is 0 Å². The summed E-state index contributed by atoms with van der Waals surface area (Å²) in [7, 11) is 1.84. The third kappa shape index (κ3) is 3.03. The van der Waals surface area contributed by atoms with Crippen molar-refractivity contribution in [3.05, 3.63) is 0 Å². The van der Waals surface area contributed by atoms with Gasteiger partial charge in [-0.05, 0) is 51.6 Å². The molecule has 2 fully saturated rings. The third-order valence-electron chi connectivity index (χ3n) is 4.94. The van der Waals surface area contributed by atoms with Crippen LogP contribution in [0.3, 0.4) is 0 Å². The fraction of sp³-hybridized carbons (Fsp3) is 0.929. The van der Waals surface area contributed by atoms with E-state index in [-0.39, 0.29) is 5.41 Å². The Morgan fingerprint density at radius 1 is 1.33 bits per heavy atom. The van der Waals surface area contributed by atoms with Crippen molar-refractivity contribution in [2.45, 2.75) is 57.6 Å². The summed E-state index contributed by atoms with van der Waals surface area (Å²) in [5.74, 6) is 0. The molecule has 0 radical (unpaired) electrons. The molecule has 0 bridgehead atoms. The van der Waals surface area contributed by atoms with E-state index >= 15 is 0 Å². The average molecular weight is 270 g/mol. The number of nitrogens with two attached hydrogens (primary N) is 1. The first kappa shape index (κ1) is 14.2. The minimum atomic E-state index is 0.0845. The summed E-state index contributed by atoms with van der Waals surface area (Å²) < 4.78 is 5.52. The van der Waals surface area contributed by atoms with Gasteiger partial charge in [-0.2, -0.15) is 0 Å². The predicted molar refractivity (Wildman–Crippen MR) is 78.8 cm³/mol. The molecule has 2 atom stereocenters. The molecule has 1 saturated heterocycles. The van der Waals surface area contributed by atoms with Gasteiger partial charge in [0.25, 0.3) is 0 Å². The summed E-state index contributed by atoms with van der Waals surface area (Å²) in [5, 5.41) is 0. The number of hydrogen-bond acceptors (Lipinski definition) is 3. The van der Waals surface area contributed by atoms with Crippen molar-refractivity contribution in [3.8, 4) is 0 Å². The Balaban J connectivity index is 1.87. The molecule has 1 heterocycles. The predicted octanol–water partition coefficient (Wildman–Crippen LogP) is 2.33. The van der Waals surface area contributed by atoms with E-state index in [1.165, 1.54) is 25.7 Å². The maximum absolute atomic E-state index is 5.86. The van der Waals surface area contributed by atoms with Crippen LogP contribution in [0.2, 0.25) is 0 Å². The fourth-order valence-electron chi connectivity index (χ4n) is 3.30. The molecule has 2 rings (SSSR count). The molecule has 0 aromatic carbocycles. The second-order valence-electron chi connectivity index (χ2n) is 6.14. The van der Waals surface area contributed by atoms with Crippen molar-refractivity contribution < 1.29 is 4.74 Å². The number of nitrogens with zero attached hydrogens (tertiary/aromatic N) is 1. The topological polar surface area (TPSA) is 38.5 Å². The number of ether oxygens (including phenoxy) is 1. The smallest absolute Gasteiger partial charge is 0.0788 e. The molecule has 1 saturated carbocycles. The van der Waals surface area contributed by atoms with Crippen molar-refractivity contribution in [3.63, 3.8) is 0 Å². The number of piperidine rings is 1. The highest BCUT2D eigenvalue weighted by atomic mass is 32.1. The van der Waals surface area contributed by atoms with E-state index < -0.39 is 0 Å². The van der Waals surface area contributed by atoms with Crippen LogP contribution in [0.1, 0.15) is 45.4 Å². The quantitative estimate of drug-likeness (QED) is 0.799.